The normalized spacial score (nSPS) is 16.3. The summed E-state index contributed by atoms with van der Waals surface area (Å²) in [5.74, 6) is -0.0304. The first-order valence-electron chi connectivity index (χ1n) is 8.17. The summed E-state index contributed by atoms with van der Waals surface area (Å²) < 4.78 is 46.6. The molecule has 5 nitrogen and oxygen atoms in total. The molecule has 1 aliphatic rings. The van der Waals surface area contributed by atoms with Gasteiger partial charge < -0.3 is 20.5 Å². The van der Waals surface area contributed by atoms with Crippen LogP contribution in [-0.2, 0) is 11.3 Å². The number of alkyl halides is 3. The summed E-state index contributed by atoms with van der Waals surface area (Å²) in [5, 5.41) is 2.80. The Hall–Kier alpha value is -1.67. The van der Waals surface area contributed by atoms with E-state index in [2.05, 4.69) is 5.32 Å². The van der Waals surface area contributed by atoms with Gasteiger partial charge in [0.15, 0.2) is 18.1 Å². The van der Waals surface area contributed by atoms with Gasteiger partial charge in [-0.05, 0) is 30.5 Å². The van der Waals surface area contributed by atoms with Crippen LogP contribution in [0, 0.1) is 0 Å². The Labute approximate surface area is 156 Å². The second-order valence-electron chi connectivity index (χ2n) is 6.29. The summed E-state index contributed by atoms with van der Waals surface area (Å²) in [4.78, 5) is 12.3. The molecule has 2 rings (SSSR count). The van der Waals surface area contributed by atoms with Gasteiger partial charge in [0.25, 0.3) is 0 Å². The lowest BCUT2D eigenvalue weighted by Crippen LogP contribution is -2.54. The summed E-state index contributed by atoms with van der Waals surface area (Å²) in [6, 6.07) is 4.51. The van der Waals surface area contributed by atoms with Gasteiger partial charge in [-0.15, -0.1) is 12.4 Å². The minimum Gasteiger partial charge on any atom is -0.493 e. The minimum atomic E-state index is -4.42. The van der Waals surface area contributed by atoms with Crippen molar-refractivity contribution in [2.45, 2.75) is 50.4 Å². The SMILES string of the molecule is COc1cc(CNC(=O)C2(N)CCCCC2)ccc1OCC(F)(F)F.Cl. The molecule has 0 bridgehead atoms. The first-order chi connectivity index (χ1) is 11.7. The molecule has 1 saturated carbocycles. The van der Waals surface area contributed by atoms with E-state index in [1.807, 2.05) is 0 Å². The number of amides is 1. The number of hydrogen-bond donors (Lipinski definition) is 2. The van der Waals surface area contributed by atoms with E-state index in [1.165, 1.54) is 19.2 Å². The Balaban J connectivity index is 0.00000338. The number of carbonyl (C=O) groups is 1. The van der Waals surface area contributed by atoms with Crippen LogP contribution in [0.15, 0.2) is 18.2 Å². The molecule has 0 aromatic heterocycles. The molecule has 1 amide bonds. The molecule has 0 spiro atoms. The van der Waals surface area contributed by atoms with Gasteiger partial charge >= 0.3 is 6.18 Å². The highest BCUT2D eigenvalue weighted by Crippen LogP contribution is 2.30. The van der Waals surface area contributed by atoms with Crippen molar-refractivity contribution in [2.75, 3.05) is 13.7 Å². The van der Waals surface area contributed by atoms with E-state index in [-0.39, 0.29) is 36.4 Å². The largest absolute Gasteiger partial charge is 0.493 e. The molecule has 148 valence electrons. The van der Waals surface area contributed by atoms with Gasteiger partial charge in [0.1, 0.15) is 0 Å². The Morgan fingerprint density at radius 1 is 1.23 bits per heavy atom. The monoisotopic (exact) mass is 396 g/mol. The molecule has 0 aliphatic heterocycles. The van der Waals surface area contributed by atoms with Gasteiger partial charge in [0.2, 0.25) is 5.91 Å². The van der Waals surface area contributed by atoms with Crippen LogP contribution in [0.3, 0.4) is 0 Å². The van der Waals surface area contributed by atoms with E-state index >= 15 is 0 Å². The van der Waals surface area contributed by atoms with Gasteiger partial charge in [-0.2, -0.15) is 13.2 Å². The molecule has 1 fully saturated rings. The zero-order valence-electron chi connectivity index (χ0n) is 14.5. The van der Waals surface area contributed by atoms with Gasteiger partial charge in [0, 0.05) is 6.54 Å². The zero-order valence-corrected chi connectivity index (χ0v) is 15.3. The van der Waals surface area contributed by atoms with E-state index in [1.54, 1.807) is 6.07 Å². The number of halogens is 4. The van der Waals surface area contributed by atoms with Gasteiger partial charge in [-0.1, -0.05) is 25.3 Å². The number of ether oxygens (including phenoxy) is 2. The number of nitrogens with two attached hydrogens (primary N) is 1. The Morgan fingerprint density at radius 2 is 1.88 bits per heavy atom. The number of hydrogen-bond acceptors (Lipinski definition) is 4. The first-order valence-corrected chi connectivity index (χ1v) is 8.17. The Bertz CT molecular complexity index is 605. The van der Waals surface area contributed by atoms with Crippen molar-refractivity contribution < 1.29 is 27.4 Å². The highest BCUT2D eigenvalue weighted by molar-refractivity contribution is 5.86. The van der Waals surface area contributed by atoms with Crippen LogP contribution in [0.25, 0.3) is 0 Å². The maximum Gasteiger partial charge on any atom is 0.422 e. The minimum absolute atomic E-state index is 0. The van der Waals surface area contributed by atoms with Crippen LogP contribution in [0.2, 0.25) is 0 Å². The summed E-state index contributed by atoms with van der Waals surface area (Å²) in [7, 11) is 1.34. The van der Waals surface area contributed by atoms with Crippen molar-refractivity contribution in [3.8, 4) is 11.5 Å². The summed E-state index contributed by atoms with van der Waals surface area (Å²) >= 11 is 0. The molecule has 0 unspecified atom stereocenters. The molecule has 0 atom stereocenters. The zero-order chi connectivity index (χ0) is 18.5. The predicted molar refractivity (Wildman–Crippen MR) is 93.6 cm³/mol. The van der Waals surface area contributed by atoms with E-state index in [9.17, 15) is 18.0 Å². The third-order valence-corrected chi connectivity index (χ3v) is 4.27. The maximum absolute atomic E-state index is 12.3. The van der Waals surface area contributed by atoms with Crippen LogP contribution in [0.1, 0.15) is 37.7 Å². The van der Waals surface area contributed by atoms with Gasteiger partial charge in [0.05, 0.1) is 12.6 Å². The molecule has 26 heavy (non-hydrogen) atoms. The second kappa shape index (κ2) is 9.32. The average Bonchev–Trinajstić information content (AvgIpc) is 2.58. The molecule has 0 radical (unpaired) electrons. The Kier molecular flexibility index (Phi) is 8.02. The molecule has 1 aliphatic carbocycles. The van der Waals surface area contributed by atoms with Crippen molar-refractivity contribution in [1.29, 1.82) is 0 Å². The van der Waals surface area contributed by atoms with Crippen molar-refractivity contribution in [2.24, 2.45) is 5.73 Å². The van der Waals surface area contributed by atoms with Crippen molar-refractivity contribution >= 4 is 18.3 Å². The van der Waals surface area contributed by atoms with Gasteiger partial charge in [-0.3, -0.25) is 4.79 Å². The highest BCUT2D eigenvalue weighted by atomic mass is 35.5. The fraction of sp³-hybridized carbons (Fsp3) is 0.588. The van der Waals surface area contributed by atoms with E-state index in [0.29, 0.717) is 18.4 Å². The molecule has 0 saturated heterocycles. The van der Waals surface area contributed by atoms with Crippen molar-refractivity contribution in [3.05, 3.63) is 23.8 Å². The molecule has 1 aromatic rings. The predicted octanol–water partition coefficient (Wildman–Crippen LogP) is 3.34. The fourth-order valence-corrected chi connectivity index (χ4v) is 2.87. The van der Waals surface area contributed by atoms with Crippen LogP contribution in [-0.4, -0.2) is 31.3 Å². The average molecular weight is 397 g/mol. The number of nitrogens with one attached hydrogen (secondary N) is 1. The molecule has 0 heterocycles. The number of rotatable bonds is 6. The second-order valence-corrected chi connectivity index (χ2v) is 6.29. The lowest BCUT2D eigenvalue weighted by molar-refractivity contribution is -0.153. The third kappa shape index (κ3) is 6.25. The number of benzene rings is 1. The van der Waals surface area contributed by atoms with E-state index < -0.39 is 18.3 Å². The topological polar surface area (TPSA) is 73.6 Å². The standard InChI is InChI=1S/C17H23F3N2O3.ClH/c1-24-14-9-12(5-6-13(14)25-11-17(18,19)20)10-22-15(23)16(21)7-3-2-4-8-16;/h5-6,9H,2-4,7-8,10-11,21H2,1H3,(H,22,23);1H. The number of methoxy groups -OCH3 is 1. The summed E-state index contributed by atoms with van der Waals surface area (Å²) in [5.41, 5.74) is 6.01. The molecule has 3 N–H and O–H groups in total. The molecule has 1 aromatic carbocycles. The molecular weight excluding hydrogens is 373 g/mol. The third-order valence-electron chi connectivity index (χ3n) is 4.27. The van der Waals surface area contributed by atoms with Crippen molar-refractivity contribution in [3.63, 3.8) is 0 Å². The number of carbonyl (C=O) groups excluding carboxylic acids is 1. The van der Waals surface area contributed by atoms with Crippen molar-refractivity contribution in [1.82, 2.24) is 5.32 Å². The fourth-order valence-electron chi connectivity index (χ4n) is 2.87. The highest BCUT2D eigenvalue weighted by Gasteiger charge is 2.35. The van der Waals surface area contributed by atoms with E-state index in [4.69, 9.17) is 15.2 Å². The van der Waals surface area contributed by atoms with Crippen LogP contribution in [0.4, 0.5) is 13.2 Å². The molecule has 9 heteroatoms. The van der Waals surface area contributed by atoms with Crippen LogP contribution < -0.4 is 20.5 Å². The van der Waals surface area contributed by atoms with E-state index in [0.717, 1.165) is 19.3 Å². The summed E-state index contributed by atoms with van der Waals surface area (Å²) in [6.07, 6.45) is -0.152. The Morgan fingerprint density at radius 3 is 2.46 bits per heavy atom. The molecular formula is C17H24ClF3N2O3. The van der Waals surface area contributed by atoms with Gasteiger partial charge in [-0.25, -0.2) is 0 Å². The van der Waals surface area contributed by atoms with Crippen LogP contribution in [0.5, 0.6) is 11.5 Å². The first kappa shape index (κ1) is 22.4. The summed E-state index contributed by atoms with van der Waals surface area (Å²) in [6.45, 7) is -1.18. The quantitative estimate of drug-likeness (QED) is 0.773. The lowest BCUT2D eigenvalue weighted by atomic mass is 9.82. The lowest BCUT2D eigenvalue weighted by Gasteiger charge is -2.31. The maximum atomic E-state index is 12.3. The smallest absolute Gasteiger partial charge is 0.422 e. The van der Waals surface area contributed by atoms with Crippen LogP contribution >= 0.6 is 12.4 Å².